The van der Waals surface area contributed by atoms with E-state index in [9.17, 15) is 14.4 Å². The van der Waals surface area contributed by atoms with Gasteiger partial charge in [-0.3, -0.25) is 14.4 Å². The van der Waals surface area contributed by atoms with Crippen LogP contribution in [-0.2, 0) is 19.1 Å². The van der Waals surface area contributed by atoms with E-state index in [1.807, 2.05) is 20.9 Å². The van der Waals surface area contributed by atoms with Crippen LogP contribution in [-0.4, -0.2) is 47.3 Å². The molecule has 1 fully saturated rings. The number of nitrogens with one attached hydrogen (secondary N) is 1. The Morgan fingerprint density at radius 2 is 1.60 bits per heavy atom. The molecule has 7 nitrogen and oxygen atoms in total. The zero-order valence-electron chi connectivity index (χ0n) is 12.1. The van der Waals surface area contributed by atoms with E-state index in [-0.39, 0.29) is 30.8 Å². The summed E-state index contributed by atoms with van der Waals surface area (Å²) in [5, 5.41) is 18.9. The number of carboxylic acid groups (broad SMARTS) is 2. The quantitative estimate of drug-likeness (QED) is 0.622. The number of rotatable bonds is 6. The van der Waals surface area contributed by atoms with Gasteiger partial charge in [-0.15, -0.1) is 0 Å². The fourth-order valence-electron chi connectivity index (χ4n) is 1.59. The van der Waals surface area contributed by atoms with E-state index in [4.69, 9.17) is 14.9 Å². The first kappa shape index (κ1) is 18.4. The van der Waals surface area contributed by atoms with Crippen molar-refractivity contribution < 1.29 is 29.3 Å². The molecule has 0 unspecified atom stereocenters. The zero-order valence-corrected chi connectivity index (χ0v) is 12.1. The Morgan fingerprint density at radius 3 is 1.90 bits per heavy atom. The van der Waals surface area contributed by atoms with Crippen LogP contribution >= 0.6 is 0 Å². The molecule has 0 aromatic carbocycles. The largest absolute Gasteiger partial charge is 0.481 e. The molecule has 0 aliphatic heterocycles. The van der Waals surface area contributed by atoms with Crippen LogP contribution in [0.5, 0.6) is 0 Å². The highest BCUT2D eigenvalue weighted by molar-refractivity contribution is 5.75. The molecule has 116 valence electrons. The molecule has 0 saturated heterocycles. The molecule has 0 atom stereocenters. The Kier molecular flexibility index (Phi) is 8.54. The van der Waals surface area contributed by atoms with Crippen molar-refractivity contribution in [1.82, 2.24) is 5.32 Å². The van der Waals surface area contributed by atoms with Gasteiger partial charge < -0.3 is 20.3 Å². The molecule has 1 aliphatic carbocycles. The van der Waals surface area contributed by atoms with Crippen LogP contribution in [0, 0.1) is 5.92 Å². The summed E-state index contributed by atoms with van der Waals surface area (Å²) in [6.07, 6.45) is 1.29. The van der Waals surface area contributed by atoms with Crippen LogP contribution in [0.15, 0.2) is 0 Å². The van der Waals surface area contributed by atoms with Crippen molar-refractivity contribution in [3.8, 4) is 0 Å². The number of hydrogen-bond donors (Lipinski definition) is 3. The van der Waals surface area contributed by atoms with Gasteiger partial charge in [0.25, 0.3) is 0 Å². The molecule has 1 aliphatic rings. The number of esters is 1. The van der Waals surface area contributed by atoms with Gasteiger partial charge in [0.2, 0.25) is 0 Å². The predicted molar refractivity (Wildman–Crippen MR) is 71.3 cm³/mol. The molecule has 0 aromatic heterocycles. The van der Waals surface area contributed by atoms with Crippen LogP contribution in [0.25, 0.3) is 0 Å². The number of carbonyl (C=O) groups is 3. The molecule has 0 radical (unpaired) electrons. The fraction of sp³-hybridized carbons (Fsp3) is 0.769. The lowest BCUT2D eigenvalue weighted by Gasteiger charge is -2.33. The third-order valence-electron chi connectivity index (χ3n) is 2.78. The fourth-order valence-corrected chi connectivity index (χ4v) is 1.59. The average molecular weight is 289 g/mol. The molecule has 0 heterocycles. The Morgan fingerprint density at radius 1 is 1.15 bits per heavy atom. The van der Waals surface area contributed by atoms with Gasteiger partial charge in [-0.25, -0.2) is 0 Å². The van der Waals surface area contributed by atoms with Crippen molar-refractivity contribution in [2.75, 3.05) is 7.05 Å². The van der Waals surface area contributed by atoms with E-state index in [1.165, 1.54) is 0 Å². The van der Waals surface area contributed by atoms with Crippen LogP contribution in [0.4, 0.5) is 0 Å². The summed E-state index contributed by atoms with van der Waals surface area (Å²) in [5.74, 6) is -2.04. The number of hydrogen-bond acceptors (Lipinski definition) is 5. The molecule has 1 saturated carbocycles. The summed E-state index contributed by atoms with van der Waals surface area (Å²) >= 11 is 0. The Labute approximate surface area is 118 Å². The van der Waals surface area contributed by atoms with Crippen molar-refractivity contribution >= 4 is 17.9 Å². The molecule has 0 spiro atoms. The van der Waals surface area contributed by atoms with Gasteiger partial charge in [0.15, 0.2) is 0 Å². The maximum atomic E-state index is 11.2. The van der Waals surface area contributed by atoms with Crippen molar-refractivity contribution in [2.45, 2.75) is 51.7 Å². The number of carboxylic acids is 2. The first-order valence-corrected chi connectivity index (χ1v) is 6.57. The molecule has 0 aromatic rings. The first-order chi connectivity index (χ1) is 9.26. The molecule has 20 heavy (non-hydrogen) atoms. The van der Waals surface area contributed by atoms with Crippen LogP contribution in [0.1, 0.15) is 39.5 Å². The van der Waals surface area contributed by atoms with Crippen molar-refractivity contribution in [3.63, 3.8) is 0 Å². The van der Waals surface area contributed by atoms with E-state index in [0.717, 1.165) is 12.8 Å². The summed E-state index contributed by atoms with van der Waals surface area (Å²) in [6.45, 7) is 3.76. The van der Waals surface area contributed by atoms with E-state index >= 15 is 0 Å². The number of ether oxygens (including phenoxy) is 1. The molecule has 0 bridgehead atoms. The molecule has 7 heteroatoms. The van der Waals surface area contributed by atoms with Gasteiger partial charge >= 0.3 is 17.9 Å². The van der Waals surface area contributed by atoms with E-state index in [0.29, 0.717) is 6.04 Å². The SMILES string of the molecule is CNC1CC(C(=O)OC(C)C)C1.O=C(O)CCC(=O)O. The second-order valence-corrected chi connectivity index (χ2v) is 4.93. The Hall–Kier alpha value is -1.63. The normalized spacial score (nSPS) is 20.4. The van der Waals surface area contributed by atoms with Crippen LogP contribution in [0.3, 0.4) is 0 Å². The van der Waals surface area contributed by atoms with Gasteiger partial charge in [0.1, 0.15) is 0 Å². The molecule has 1 rings (SSSR count). The lowest BCUT2D eigenvalue weighted by molar-refractivity contribution is -0.156. The minimum Gasteiger partial charge on any atom is -0.481 e. The van der Waals surface area contributed by atoms with E-state index in [1.54, 1.807) is 0 Å². The summed E-state index contributed by atoms with van der Waals surface area (Å²) in [4.78, 5) is 30.5. The van der Waals surface area contributed by atoms with Crippen LogP contribution < -0.4 is 5.32 Å². The molecular formula is C13H23NO6. The maximum Gasteiger partial charge on any atom is 0.309 e. The van der Waals surface area contributed by atoms with Crippen molar-refractivity contribution in [3.05, 3.63) is 0 Å². The highest BCUT2D eigenvalue weighted by Crippen LogP contribution is 2.28. The number of aliphatic carboxylic acids is 2. The summed E-state index contributed by atoms with van der Waals surface area (Å²) in [5.41, 5.74) is 0. The molecule has 3 N–H and O–H groups in total. The third-order valence-corrected chi connectivity index (χ3v) is 2.78. The lowest BCUT2D eigenvalue weighted by Crippen LogP contribution is -2.43. The summed E-state index contributed by atoms with van der Waals surface area (Å²) in [7, 11) is 1.93. The topological polar surface area (TPSA) is 113 Å². The van der Waals surface area contributed by atoms with Gasteiger partial charge in [-0.05, 0) is 33.7 Å². The lowest BCUT2D eigenvalue weighted by atomic mass is 9.80. The summed E-state index contributed by atoms with van der Waals surface area (Å²) < 4.78 is 5.08. The minimum atomic E-state index is -1.08. The monoisotopic (exact) mass is 289 g/mol. The molecular weight excluding hydrogens is 266 g/mol. The van der Waals surface area contributed by atoms with E-state index in [2.05, 4.69) is 5.32 Å². The zero-order chi connectivity index (χ0) is 15.7. The van der Waals surface area contributed by atoms with E-state index < -0.39 is 11.9 Å². The smallest absolute Gasteiger partial charge is 0.309 e. The second kappa shape index (κ2) is 9.30. The first-order valence-electron chi connectivity index (χ1n) is 6.57. The van der Waals surface area contributed by atoms with Crippen molar-refractivity contribution in [2.24, 2.45) is 5.92 Å². The van der Waals surface area contributed by atoms with Gasteiger partial charge in [0, 0.05) is 6.04 Å². The van der Waals surface area contributed by atoms with Gasteiger partial charge in [0.05, 0.1) is 24.9 Å². The highest BCUT2D eigenvalue weighted by Gasteiger charge is 2.34. The maximum absolute atomic E-state index is 11.2. The summed E-state index contributed by atoms with van der Waals surface area (Å²) in [6, 6.07) is 0.523. The Balaban J connectivity index is 0.000000396. The second-order valence-electron chi connectivity index (χ2n) is 4.93. The van der Waals surface area contributed by atoms with Crippen molar-refractivity contribution in [1.29, 1.82) is 0 Å². The van der Waals surface area contributed by atoms with Gasteiger partial charge in [-0.2, -0.15) is 0 Å². The predicted octanol–water partition coefficient (Wildman–Crippen LogP) is 0.872. The van der Waals surface area contributed by atoms with Gasteiger partial charge in [-0.1, -0.05) is 0 Å². The number of carbonyl (C=O) groups excluding carboxylic acids is 1. The Bertz CT molecular complexity index is 322. The molecule has 0 amide bonds. The van der Waals surface area contributed by atoms with Crippen LogP contribution in [0.2, 0.25) is 0 Å². The minimum absolute atomic E-state index is 0.0196. The highest BCUT2D eigenvalue weighted by atomic mass is 16.5. The standard InChI is InChI=1S/C9H17NO2.C4H6O4/c1-6(2)12-9(11)7-4-8(5-7)10-3;5-3(6)1-2-4(7)8/h6-8,10H,4-5H2,1-3H3;1-2H2,(H,5,6)(H,7,8). The average Bonchev–Trinajstić information content (AvgIpc) is 2.24. The third kappa shape index (κ3) is 8.47.